The summed E-state index contributed by atoms with van der Waals surface area (Å²) >= 11 is 11.8. The van der Waals surface area contributed by atoms with Crippen LogP contribution in [-0.2, 0) is 16.2 Å². The zero-order chi connectivity index (χ0) is 39.1. The number of benzene rings is 2. The molecule has 2 aromatic carbocycles. The predicted octanol–water partition coefficient (Wildman–Crippen LogP) is 8.98. The molecule has 1 aliphatic heterocycles. The van der Waals surface area contributed by atoms with E-state index in [0.717, 1.165) is 51.0 Å². The third-order valence-corrected chi connectivity index (χ3v) is 11.9. The Kier molecular flexibility index (Phi) is 10.6. The van der Waals surface area contributed by atoms with Gasteiger partial charge in [-0.25, -0.2) is 23.1 Å². The first-order valence-corrected chi connectivity index (χ1v) is 19.8. The maximum atomic E-state index is 13.7. The number of H-pyrrole nitrogens is 1. The van der Waals surface area contributed by atoms with Crippen molar-refractivity contribution in [3.05, 3.63) is 112 Å². The molecule has 0 bridgehead atoms. The lowest BCUT2D eigenvalue weighted by Gasteiger charge is -2.39. The zero-order valence-electron chi connectivity index (χ0n) is 29.9. The summed E-state index contributed by atoms with van der Waals surface area (Å²) in [4.78, 5) is 27.7. The van der Waals surface area contributed by atoms with Gasteiger partial charge in [0.15, 0.2) is 5.69 Å². The van der Waals surface area contributed by atoms with E-state index in [4.69, 9.17) is 27.9 Å². The highest BCUT2D eigenvalue weighted by Gasteiger charge is 2.37. The highest BCUT2D eigenvalue weighted by Crippen LogP contribution is 2.43. The van der Waals surface area contributed by atoms with E-state index in [9.17, 15) is 26.4 Å². The van der Waals surface area contributed by atoms with Crippen LogP contribution in [0.15, 0.2) is 89.6 Å². The van der Waals surface area contributed by atoms with E-state index in [0.29, 0.717) is 34.8 Å². The van der Waals surface area contributed by atoms with E-state index in [1.54, 1.807) is 30.5 Å². The minimum atomic E-state index is -4.96. The third kappa shape index (κ3) is 8.77. The smallest absolute Gasteiger partial charge is 0.434 e. The van der Waals surface area contributed by atoms with Gasteiger partial charge in [-0.3, -0.25) is 9.69 Å². The topological polar surface area (TPSA) is 121 Å². The number of halogens is 5. The first-order valence-electron chi connectivity index (χ1n) is 17.5. The fourth-order valence-electron chi connectivity index (χ4n) is 6.99. The Hall–Kier alpha value is -4.63. The number of carbonyl (C=O) groups excluding carboxylic acids is 1. The molecule has 0 spiro atoms. The summed E-state index contributed by atoms with van der Waals surface area (Å²) in [6.07, 6.45) is 1.27. The van der Waals surface area contributed by atoms with E-state index < -0.39 is 43.4 Å². The van der Waals surface area contributed by atoms with Crippen LogP contribution in [0.25, 0.3) is 16.6 Å². The summed E-state index contributed by atoms with van der Waals surface area (Å²) in [5.41, 5.74) is 3.19. The average Bonchev–Trinajstić information content (AvgIpc) is 3.60. The third-order valence-electron chi connectivity index (χ3n) is 9.92. The van der Waals surface area contributed by atoms with Crippen LogP contribution in [0.5, 0.6) is 11.5 Å². The second-order valence-corrected chi connectivity index (χ2v) is 17.0. The molecule has 4 heterocycles. The number of nitrogens with zero attached hydrogens (tertiary/aromatic N) is 4. The number of carbonyl (C=O) groups is 1. The summed E-state index contributed by atoms with van der Waals surface area (Å²) in [5, 5.41) is 0.690. The molecule has 0 atom stereocenters. The lowest BCUT2D eigenvalue weighted by atomic mass is 9.72. The number of sulfonamides is 1. The maximum absolute atomic E-state index is 13.7. The van der Waals surface area contributed by atoms with Crippen molar-refractivity contribution in [2.24, 2.45) is 5.41 Å². The van der Waals surface area contributed by atoms with Crippen molar-refractivity contribution >= 4 is 61.4 Å². The molecule has 55 heavy (non-hydrogen) atoms. The van der Waals surface area contributed by atoms with Gasteiger partial charge in [-0.1, -0.05) is 54.8 Å². The molecule has 7 rings (SSSR count). The lowest BCUT2D eigenvalue weighted by Crippen LogP contribution is -2.47. The Bertz CT molecular complexity index is 2390. The number of nitrogens with one attached hydrogen (secondary N) is 2. The van der Waals surface area contributed by atoms with Crippen LogP contribution >= 0.6 is 23.2 Å². The molecule has 1 amide bonds. The number of aromatic amines is 1. The number of piperazine rings is 1. The Morgan fingerprint density at radius 3 is 2.47 bits per heavy atom. The van der Waals surface area contributed by atoms with Gasteiger partial charge in [0.2, 0.25) is 0 Å². The van der Waals surface area contributed by atoms with Crippen LogP contribution in [0.2, 0.25) is 10.0 Å². The molecule has 10 nitrogen and oxygen atoms in total. The summed E-state index contributed by atoms with van der Waals surface area (Å²) in [6.45, 7) is 8.27. The van der Waals surface area contributed by atoms with Gasteiger partial charge in [-0.15, -0.1) is 0 Å². The molecule has 3 aromatic heterocycles. The van der Waals surface area contributed by atoms with Crippen molar-refractivity contribution in [3.63, 3.8) is 0 Å². The number of hydrogen-bond donors (Lipinski definition) is 2. The predicted molar refractivity (Wildman–Crippen MR) is 206 cm³/mol. The van der Waals surface area contributed by atoms with Gasteiger partial charge < -0.3 is 14.6 Å². The Labute approximate surface area is 326 Å². The van der Waals surface area contributed by atoms with E-state index in [1.807, 2.05) is 16.9 Å². The number of pyridine rings is 2. The summed E-state index contributed by atoms with van der Waals surface area (Å²) < 4.78 is 75.7. The fraction of sp³-hybridized carbons (Fsp3) is 0.308. The lowest BCUT2D eigenvalue weighted by molar-refractivity contribution is -0.141. The second kappa shape index (κ2) is 15.1. The largest absolute Gasteiger partial charge is 0.454 e. The molecule has 1 aliphatic carbocycles. The van der Waals surface area contributed by atoms with E-state index in [2.05, 4.69) is 50.7 Å². The van der Waals surface area contributed by atoms with Crippen molar-refractivity contribution in [2.45, 2.75) is 44.2 Å². The quantitative estimate of drug-likeness (QED) is 0.151. The molecule has 288 valence electrons. The number of hydrogen-bond acceptors (Lipinski definition) is 8. The highest BCUT2D eigenvalue weighted by molar-refractivity contribution is 7.90. The Morgan fingerprint density at radius 2 is 1.75 bits per heavy atom. The zero-order valence-corrected chi connectivity index (χ0v) is 32.2. The van der Waals surface area contributed by atoms with Crippen LogP contribution in [0.1, 0.15) is 54.9 Å². The first kappa shape index (κ1) is 38.6. The van der Waals surface area contributed by atoms with Crippen molar-refractivity contribution in [1.29, 1.82) is 0 Å². The number of aromatic nitrogens is 3. The number of amides is 1. The number of fused-ring (bicyclic) bond motifs is 1. The normalized spacial score (nSPS) is 16.7. The van der Waals surface area contributed by atoms with Gasteiger partial charge >= 0.3 is 6.18 Å². The molecule has 1 fully saturated rings. The summed E-state index contributed by atoms with van der Waals surface area (Å²) in [7, 11) is -4.70. The van der Waals surface area contributed by atoms with Crippen molar-refractivity contribution < 1.29 is 31.1 Å². The van der Waals surface area contributed by atoms with Crippen LogP contribution in [0.3, 0.4) is 0 Å². The molecule has 0 saturated carbocycles. The molecule has 0 unspecified atom stereocenters. The SMILES string of the molecule is CC1(C)CCC(CN2CCN(c3ccc(S(=O)(=O)NC(=O)c4ccc(Cl)c(C(F)(F)F)n4)c(Oc4cnc5[nH]ccc5c4)c3)CC2)=C(c2ccc(Cl)cc2)C1. The Morgan fingerprint density at radius 1 is 1.00 bits per heavy atom. The average molecular weight is 814 g/mol. The number of allylic oxidation sites excluding steroid dienone is 1. The van der Waals surface area contributed by atoms with E-state index in [1.165, 1.54) is 29.0 Å². The number of anilines is 1. The van der Waals surface area contributed by atoms with Gasteiger partial charge in [0.05, 0.1) is 11.2 Å². The van der Waals surface area contributed by atoms with Gasteiger partial charge in [0.25, 0.3) is 15.9 Å². The molecule has 16 heteroatoms. The minimum Gasteiger partial charge on any atom is -0.454 e. The molecule has 0 radical (unpaired) electrons. The van der Waals surface area contributed by atoms with Crippen LogP contribution < -0.4 is 14.4 Å². The van der Waals surface area contributed by atoms with Gasteiger partial charge in [0.1, 0.15) is 27.7 Å². The van der Waals surface area contributed by atoms with Crippen molar-refractivity contribution in [3.8, 4) is 11.5 Å². The fourth-order valence-corrected chi connectivity index (χ4v) is 8.40. The van der Waals surface area contributed by atoms with Crippen molar-refractivity contribution in [2.75, 3.05) is 37.6 Å². The first-order chi connectivity index (χ1) is 26.0. The van der Waals surface area contributed by atoms with Gasteiger partial charge in [-0.2, -0.15) is 13.2 Å². The standard InChI is InChI=1S/C39H37Cl2F3N6O4S/c1-38(2)13-11-26(30(21-38)24-3-5-27(40)6-4-24)23-49-15-17-50(18-16-49)28-7-10-34(33(20-28)54-29-19-25-12-14-45-36(25)46-22-29)55(52,53)48-37(51)32-9-8-31(41)35(47-32)39(42,43)44/h3-10,12,14,19-20,22H,11,13,15-18,21,23H2,1-2H3,(H,45,46)(H,48,51). The molecule has 1 saturated heterocycles. The van der Waals surface area contributed by atoms with Crippen LogP contribution in [0, 0.1) is 5.41 Å². The number of rotatable bonds is 9. The Balaban J connectivity index is 1.13. The van der Waals surface area contributed by atoms with Crippen LogP contribution in [0.4, 0.5) is 18.9 Å². The van der Waals surface area contributed by atoms with Crippen molar-refractivity contribution in [1.82, 2.24) is 24.6 Å². The van der Waals surface area contributed by atoms with E-state index in [-0.39, 0.29) is 16.9 Å². The van der Waals surface area contributed by atoms with Gasteiger partial charge in [0, 0.05) is 61.1 Å². The summed E-state index contributed by atoms with van der Waals surface area (Å²) in [6, 6.07) is 17.7. The number of ether oxygens (including phenoxy) is 1. The van der Waals surface area contributed by atoms with Gasteiger partial charge in [-0.05, 0) is 84.3 Å². The molecule has 5 aromatic rings. The van der Waals surface area contributed by atoms with Crippen LogP contribution in [-0.4, -0.2) is 66.9 Å². The summed E-state index contributed by atoms with van der Waals surface area (Å²) in [5.74, 6) is -1.26. The maximum Gasteiger partial charge on any atom is 0.434 e. The monoisotopic (exact) mass is 812 g/mol. The van der Waals surface area contributed by atoms with E-state index >= 15 is 0 Å². The highest BCUT2D eigenvalue weighted by atomic mass is 35.5. The molecule has 2 aliphatic rings. The minimum absolute atomic E-state index is 0.112. The molecular formula is C39H37Cl2F3N6O4S. The number of alkyl halides is 3. The molecular weight excluding hydrogens is 776 g/mol. The second-order valence-electron chi connectivity index (χ2n) is 14.5. The molecule has 2 N–H and O–H groups in total.